The molecule has 2 atom stereocenters. The van der Waals surface area contributed by atoms with Crippen molar-refractivity contribution < 1.29 is 14.7 Å². The van der Waals surface area contributed by atoms with E-state index in [0.717, 1.165) is 11.4 Å². The Balaban J connectivity index is 1.80. The van der Waals surface area contributed by atoms with Crippen molar-refractivity contribution in [2.75, 3.05) is 13.1 Å². The van der Waals surface area contributed by atoms with Gasteiger partial charge < -0.3 is 10.0 Å². The van der Waals surface area contributed by atoms with Gasteiger partial charge in [0.05, 0.1) is 11.6 Å². The molecule has 2 aromatic rings. The van der Waals surface area contributed by atoms with Crippen LogP contribution in [0, 0.1) is 18.8 Å². The minimum Gasteiger partial charge on any atom is -0.481 e. The van der Waals surface area contributed by atoms with Gasteiger partial charge >= 0.3 is 5.97 Å². The van der Waals surface area contributed by atoms with Gasteiger partial charge in [-0.25, -0.2) is 4.68 Å². The summed E-state index contributed by atoms with van der Waals surface area (Å²) in [4.78, 5) is 25.7. The number of benzene rings is 1. The summed E-state index contributed by atoms with van der Waals surface area (Å²) in [6.45, 7) is 4.61. The Hall–Kier alpha value is -2.34. The number of aryl methyl sites for hydroxylation is 1. The fourth-order valence-electron chi connectivity index (χ4n) is 3.31. The number of hydrogen-bond donors (Lipinski definition) is 1. The van der Waals surface area contributed by atoms with E-state index < -0.39 is 11.9 Å². The van der Waals surface area contributed by atoms with E-state index in [1.54, 1.807) is 27.8 Å². The number of carbonyl (C=O) groups excluding carboxylic acids is 1. The molecule has 1 saturated heterocycles. The number of likely N-dealkylation sites (tertiary alicyclic amines) is 1. The SMILES string of the molecule is Cc1cc(C(=O)N2CCC(C(=O)O)C(C)C2)nn1-c1cccc(Cl)c1. The molecule has 1 aromatic carbocycles. The van der Waals surface area contributed by atoms with Gasteiger partial charge in [0.2, 0.25) is 0 Å². The summed E-state index contributed by atoms with van der Waals surface area (Å²) in [7, 11) is 0. The fourth-order valence-corrected chi connectivity index (χ4v) is 3.49. The van der Waals surface area contributed by atoms with Crippen LogP contribution in [0.5, 0.6) is 0 Å². The number of carbonyl (C=O) groups is 2. The van der Waals surface area contributed by atoms with Gasteiger partial charge in [-0.3, -0.25) is 9.59 Å². The van der Waals surface area contributed by atoms with Crippen molar-refractivity contribution in [1.82, 2.24) is 14.7 Å². The first kappa shape index (κ1) is 17.5. The van der Waals surface area contributed by atoms with E-state index in [4.69, 9.17) is 11.6 Å². The van der Waals surface area contributed by atoms with Crippen molar-refractivity contribution in [1.29, 1.82) is 0 Å². The summed E-state index contributed by atoms with van der Waals surface area (Å²) in [5, 5.41) is 14.2. The van der Waals surface area contributed by atoms with Crippen LogP contribution >= 0.6 is 11.6 Å². The molecule has 1 aromatic heterocycles. The molecule has 2 unspecified atom stereocenters. The predicted octanol–water partition coefficient (Wildman–Crippen LogP) is 3.02. The van der Waals surface area contributed by atoms with Crippen LogP contribution in [0.15, 0.2) is 30.3 Å². The van der Waals surface area contributed by atoms with Gasteiger partial charge in [-0.05, 0) is 43.5 Å². The van der Waals surface area contributed by atoms with Crippen LogP contribution in [-0.2, 0) is 4.79 Å². The van der Waals surface area contributed by atoms with E-state index in [-0.39, 0.29) is 11.8 Å². The number of piperidine rings is 1. The number of halogens is 1. The van der Waals surface area contributed by atoms with E-state index in [1.807, 2.05) is 26.0 Å². The molecule has 1 N–H and O–H groups in total. The first-order chi connectivity index (χ1) is 11.9. The van der Waals surface area contributed by atoms with Gasteiger partial charge in [0, 0.05) is 23.8 Å². The third-order valence-electron chi connectivity index (χ3n) is 4.67. The van der Waals surface area contributed by atoms with Crippen LogP contribution in [0.2, 0.25) is 5.02 Å². The quantitative estimate of drug-likeness (QED) is 0.911. The Morgan fingerprint density at radius 3 is 2.72 bits per heavy atom. The monoisotopic (exact) mass is 361 g/mol. The zero-order valence-electron chi connectivity index (χ0n) is 14.1. The lowest BCUT2D eigenvalue weighted by molar-refractivity contribution is -0.145. The molecule has 3 rings (SSSR count). The van der Waals surface area contributed by atoms with Gasteiger partial charge in [0.1, 0.15) is 0 Å². The molecule has 1 fully saturated rings. The minimum atomic E-state index is -0.791. The number of carboxylic acids is 1. The first-order valence-electron chi connectivity index (χ1n) is 8.21. The van der Waals surface area contributed by atoms with Crippen molar-refractivity contribution in [3.8, 4) is 5.69 Å². The second kappa shape index (κ2) is 6.88. The van der Waals surface area contributed by atoms with Crippen LogP contribution in [0.3, 0.4) is 0 Å². The Morgan fingerprint density at radius 1 is 1.32 bits per heavy atom. The molecular formula is C18H20ClN3O3. The standard InChI is InChI=1S/C18H20ClN3O3/c1-11-10-21(7-6-15(11)18(24)25)17(23)16-8-12(2)22(20-16)14-5-3-4-13(19)9-14/h3-5,8-9,11,15H,6-7,10H2,1-2H3,(H,24,25). The Bertz CT molecular complexity index is 818. The Kier molecular flexibility index (Phi) is 4.81. The van der Waals surface area contributed by atoms with E-state index >= 15 is 0 Å². The van der Waals surface area contributed by atoms with Crippen LogP contribution < -0.4 is 0 Å². The van der Waals surface area contributed by atoms with Crippen molar-refractivity contribution >= 4 is 23.5 Å². The third kappa shape index (κ3) is 3.54. The highest BCUT2D eigenvalue weighted by Gasteiger charge is 2.34. The lowest BCUT2D eigenvalue weighted by Gasteiger charge is -2.34. The molecule has 1 aliphatic heterocycles. The van der Waals surface area contributed by atoms with Crippen LogP contribution in [0.25, 0.3) is 5.69 Å². The topological polar surface area (TPSA) is 75.4 Å². The number of carboxylic acid groups (broad SMARTS) is 1. The molecule has 0 spiro atoms. The summed E-state index contributed by atoms with van der Waals surface area (Å²) in [5.74, 6) is -1.43. The fraction of sp³-hybridized carbons (Fsp3) is 0.389. The number of nitrogens with zero attached hydrogens (tertiary/aromatic N) is 3. The Morgan fingerprint density at radius 2 is 2.08 bits per heavy atom. The van der Waals surface area contributed by atoms with Crippen LogP contribution in [0.1, 0.15) is 29.5 Å². The maximum atomic E-state index is 12.8. The van der Waals surface area contributed by atoms with Crippen molar-refractivity contribution in [3.63, 3.8) is 0 Å². The number of aromatic nitrogens is 2. The third-order valence-corrected chi connectivity index (χ3v) is 4.90. The van der Waals surface area contributed by atoms with Crippen molar-refractivity contribution in [2.45, 2.75) is 20.3 Å². The Labute approximate surface area is 151 Å². The number of rotatable bonds is 3. The van der Waals surface area contributed by atoms with E-state index in [1.165, 1.54) is 0 Å². The van der Waals surface area contributed by atoms with Gasteiger partial charge in [0.25, 0.3) is 5.91 Å². The number of aliphatic carboxylic acids is 1. The zero-order chi connectivity index (χ0) is 18.1. The summed E-state index contributed by atoms with van der Waals surface area (Å²) in [6, 6.07) is 9.02. The lowest BCUT2D eigenvalue weighted by Crippen LogP contribution is -2.45. The highest BCUT2D eigenvalue weighted by Crippen LogP contribution is 2.25. The molecule has 0 bridgehead atoms. The van der Waals surface area contributed by atoms with Gasteiger partial charge in [0.15, 0.2) is 5.69 Å². The molecule has 25 heavy (non-hydrogen) atoms. The predicted molar refractivity (Wildman–Crippen MR) is 94.1 cm³/mol. The second-order valence-electron chi connectivity index (χ2n) is 6.52. The highest BCUT2D eigenvalue weighted by molar-refractivity contribution is 6.30. The van der Waals surface area contributed by atoms with Crippen LogP contribution in [-0.4, -0.2) is 44.8 Å². The summed E-state index contributed by atoms with van der Waals surface area (Å²) < 4.78 is 1.69. The van der Waals surface area contributed by atoms with Gasteiger partial charge in [-0.15, -0.1) is 0 Å². The lowest BCUT2D eigenvalue weighted by atomic mass is 9.87. The molecule has 2 heterocycles. The summed E-state index contributed by atoms with van der Waals surface area (Å²) in [6.07, 6.45) is 0.468. The van der Waals surface area contributed by atoms with Crippen LogP contribution in [0.4, 0.5) is 0 Å². The molecule has 0 radical (unpaired) electrons. The minimum absolute atomic E-state index is 0.0775. The van der Waals surface area contributed by atoms with E-state index in [2.05, 4.69) is 5.10 Å². The maximum absolute atomic E-state index is 12.8. The molecule has 1 aliphatic rings. The summed E-state index contributed by atoms with van der Waals surface area (Å²) >= 11 is 6.03. The molecule has 0 aliphatic carbocycles. The molecule has 7 heteroatoms. The number of hydrogen-bond acceptors (Lipinski definition) is 3. The summed E-state index contributed by atoms with van der Waals surface area (Å²) in [5.41, 5.74) is 1.99. The van der Waals surface area contributed by atoms with Crippen molar-refractivity contribution in [3.05, 3.63) is 46.7 Å². The maximum Gasteiger partial charge on any atom is 0.306 e. The molecule has 1 amide bonds. The van der Waals surface area contributed by atoms with Crippen molar-refractivity contribution in [2.24, 2.45) is 11.8 Å². The van der Waals surface area contributed by atoms with Gasteiger partial charge in [-0.2, -0.15) is 5.10 Å². The molecule has 132 valence electrons. The van der Waals surface area contributed by atoms with E-state index in [9.17, 15) is 14.7 Å². The number of amides is 1. The second-order valence-corrected chi connectivity index (χ2v) is 6.96. The average molecular weight is 362 g/mol. The largest absolute Gasteiger partial charge is 0.481 e. The molecule has 6 nitrogen and oxygen atoms in total. The normalized spacial score (nSPS) is 20.5. The zero-order valence-corrected chi connectivity index (χ0v) is 14.9. The molecule has 0 saturated carbocycles. The first-order valence-corrected chi connectivity index (χ1v) is 8.59. The average Bonchev–Trinajstić information content (AvgIpc) is 2.95. The van der Waals surface area contributed by atoms with Gasteiger partial charge in [-0.1, -0.05) is 24.6 Å². The highest BCUT2D eigenvalue weighted by atomic mass is 35.5. The smallest absolute Gasteiger partial charge is 0.306 e. The molecular weight excluding hydrogens is 342 g/mol. The van der Waals surface area contributed by atoms with E-state index in [0.29, 0.717) is 30.2 Å².